The molecule has 2 aromatic carbocycles. The SMILES string of the molecule is [2H]c1cccc2c1-c1ccc(C)c(-c3cccc[n+]3C)c1C2(C)C. The molecule has 3 aromatic rings. The van der Waals surface area contributed by atoms with Crippen LogP contribution in [0.15, 0.2) is 60.8 Å². The van der Waals surface area contributed by atoms with Crippen LogP contribution in [0.2, 0.25) is 0 Å². The van der Waals surface area contributed by atoms with Crippen LogP contribution in [0.4, 0.5) is 0 Å². The maximum atomic E-state index is 8.42. The maximum Gasteiger partial charge on any atom is 0.212 e. The summed E-state index contributed by atoms with van der Waals surface area (Å²) in [7, 11) is 2.10. The fourth-order valence-corrected chi connectivity index (χ4v) is 3.99. The lowest BCUT2D eigenvalue weighted by Gasteiger charge is -2.24. The molecule has 1 heteroatoms. The van der Waals surface area contributed by atoms with E-state index < -0.39 is 0 Å². The molecule has 1 aromatic heterocycles. The molecule has 1 nitrogen and oxygen atoms in total. The average Bonchev–Trinajstić information content (AvgIpc) is 2.78. The van der Waals surface area contributed by atoms with Gasteiger partial charge in [-0.05, 0) is 40.8 Å². The van der Waals surface area contributed by atoms with Gasteiger partial charge in [-0.2, -0.15) is 0 Å². The highest BCUT2D eigenvalue weighted by Gasteiger charge is 2.39. The third kappa shape index (κ3) is 1.89. The lowest BCUT2D eigenvalue weighted by atomic mass is 9.78. The van der Waals surface area contributed by atoms with Crippen molar-refractivity contribution in [2.45, 2.75) is 26.2 Å². The van der Waals surface area contributed by atoms with Gasteiger partial charge in [0.05, 0.1) is 6.93 Å². The van der Waals surface area contributed by atoms with Crippen molar-refractivity contribution >= 4 is 0 Å². The fourth-order valence-electron chi connectivity index (χ4n) is 3.99. The summed E-state index contributed by atoms with van der Waals surface area (Å²) in [6, 6.07) is 17.4. The molecule has 1 aliphatic carbocycles. The van der Waals surface area contributed by atoms with Crippen molar-refractivity contribution in [1.29, 1.82) is 0 Å². The van der Waals surface area contributed by atoms with Gasteiger partial charge in [-0.25, -0.2) is 4.57 Å². The van der Waals surface area contributed by atoms with Crippen molar-refractivity contribution < 1.29 is 5.94 Å². The third-order valence-electron chi connectivity index (χ3n) is 5.15. The van der Waals surface area contributed by atoms with E-state index in [0.29, 0.717) is 6.04 Å². The average molecular weight is 301 g/mol. The molecule has 0 saturated heterocycles. The topological polar surface area (TPSA) is 3.88 Å². The van der Waals surface area contributed by atoms with Gasteiger partial charge < -0.3 is 0 Å². The Labute approximate surface area is 139 Å². The van der Waals surface area contributed by atoms with Gasteiger partial charge in [0.2, 0.25) is 5.69 Å². The van der Waals surface area contributed by atoms with Gasteiger partial charge in [-0.15, -0.1) is 0 Å². The Hall–Kier alpha value is -2.41. The van der Waals surface area contributed by atoms with Gasteiger partial charge in [0.15, 0.2) is 6.20 Å². The highest BCUT2D eigenvalue weighted by molar-refractivity contribution is 5.88. The van der Waals surface area contributed by atoms with Gasteiger partial charge >= 0.3 is 0 Å². The molecule has 0 atom stereocenters. The summed E-state index contributed by atoms with van der Waals surface area (Å²) in [5, 5.41) is 0. The Morgan fingerprint density at radius 2 is 1.74 bits per heavy atom. The molecule has 114 valence electrons. The Balaban J connectivity index is 2.14. The zero-order chi connectivity index (χ0) is 17.1. The summed E-state index contributed by atoms with van der Waals surface area (Å²) in [5.74, 6) is 0. The van der Waals surface area contributed by atoms with Gasteiger partial charge in [-0.3, -0.25) is 0 Å². The van der Waals surface area contributed by atoms with Crippen molar-refractivity contribution in [3.8, 4) is 22.4 Å². The van der Waals surface area contributed by atoms with Crippen LogP contribution in [0.3, 0.4) is 0 Å². The first-order chi connectivity index (χ1) is 11.4. The molecule has 0 saturated carbocycles. The standard InChI is InChI=1S/C22H22N/c1-15-12-13-17-16-9-5-6-10-18(16)22(2,3)21(17)20(15)19-11-7-8-14-23(19)4/h5-14H,1-4H3/q+1/i9D. The van der Waals surface area contributed by atoms with Crippen LogP contribution >= 0.6 is 0 Å². The Morgan fingerprint density at radius 3 is 2.52 bits per heavy atom. The van der Waals surface area contributed by atoms with Gasteiger partial charge in [0, 0.05) is 17.5 Å². The van der Waals surface area contributed by atoms with Crippen LogP contribution < -0.4 is 4.57 Å². The normalized spacial score (nSPS) is 15.0. The van der Waals surface area contributed by atoms with Crippen molar-refractivity contribution in [1.82, 2.24) is 0 Å². The van der Waals surface area contributed by atoms with E-state index in [1.54, 1.807) is 0 Å². The number of fused-ring (bicyclic) bond motifs is 3. The van der Waals surface area contributed by atoms with Crippen LogP contribution in [-0.4, -0.2) is 0 Å². The Morgan fingerprint density at radius 1 is 0.957 bits per heavy atom. The monoisotopic (exact) mass is 301 g/mol. The Kier molecular flexibility index (Phi) is 2.72. The van der Waals surface area contributed by atoms with E-state index in [1.165, 1.54) is 33.5 Å². The van der Waals surface area contributed by atoms with E-state index in [0.717, 1.165) is 5.56 Å². The van der Waals surface area contributed by atoms with Crippen LogP contribution in [0, 0.1) is 6.92 Å². The zero-order valence-electron chi connectivity index (χ0n) is 15.1. The van der Waals surface area contributed by atoms with Gasteiger partial charge in [-0.1, -0.05) is 50.2 Å². The number of rotatable bonds is 1. The molecule has 0 bridgehead atoms. The van der Waals surface area contributed by atoms with Crippen LogP contribution in [0.1, 0.15) is 31.9 Å². The predicted molar refractivity (Wildman–Crippen MR) is 95.4 cm³/mol. The molecular weight excluding hydrogens is 278 g/mol. The summed E-state index contributed by atoms with van der Waals surface area (Å²) >= 11 is 0. The summed E-state index contributed by atoms with van der Waals surface area (Å²) in [6.45, 7) is 6.75. The minimum atomic E-state index is -0.105. The molecule has 0 spiro atoms. The zero-order valence-corrected chi connectivity index (χ0v) is 14.1. The van der Waals surface area contributed by atoms with Crippen LogP contribution in [0.5, 0.6) is 0 Å². The second-order valence-electron chi connectivity index (χ2n) is 6.96. The highest BCUT2D eigenvalue weighted by atomic mass is 14.9. The first-order valence-corrected chi connectivity index (χ1v) is 8.12. The first-order valence-electron chi connectivity index (χ1n) is 8.62. The smallest absolute Gasteiger partial charge is 0.201 e. The lowest BCUT2D eigenvalue weighted by Crippen LogP contribution is -2.31. The predicted octanol–water partition coefficient (Wildman–Crippen LogP) is 4.79. The van der Waals surface area contributed by atoms with E-state index in [2.05, 4.69) is 75.0 Å². The van der Waals surface area contributed by atoms with Crippen molar-refractivity contribution in [3.05, 3.63) is 77.5 Å². The molecule has 0 N–H and O–H groups in total. The molecule has 1 heterocycles. The van der Waals surface area contributed by atoms with Crippen LogP contribution in [-0.2, 0) is 12.5 Å². The minimum absolute atomic E-state index is 0.105. The van der Waals surface area contributed by atoms with Crippen molar-refractivity contribution in [3.63, 3.8) is 0 Å². The lowest BCUT2D eigenvalue weighted by molar-refractivity contribution is -0.660. The fraction of sp³-hybridized carbons (Fsp3) is 0.227. The molecular formula is C22H22N+. The van der Waals surface area contributed by atoms with Crippen molar-refractivity contribution in [2.24, 2.45) is 7.05 Å². The quantitative estimate of drug-likeness (QED) is 0.569. The van der Waals surface area contributed by atoms with E-state index in [1.807, 2.05) is 12.1 Å². The molecule has 0 radical (unpaired) electrons. The largest absolute Gasteiger partial charge is 0.212 e. The Bertz CT molecular complexity index is 970. The third-order valence-corrected chi connectivity index (χ3v) is 5.15. The number of benzene rings is 2. The summed E-state index contributed by atoms with van der Waals surface area (Å²) < 4.78 is 10.6. The number of pyridine rings is 1. The van der Waals surface area contributed by atoms with Crippen LogP contribution in [0.25, 0.3) is 22.4 Å². The minimum Gasteiger partial charge on any atom is -0.201 e. The second kappa shape index (κ2) is 4.79. The number of hydrogen-bond donors (Lipinski definition) is 0. The van der Waals surface area contributed by atoms with E-state index in [4.69, 9.17) is 1.37 Å². The molecule has 0 fully saturated rings. The number of aryl methyl sites for hydroxylation is 2. The van der Waals surface area contributed by atoms with E-state index >= 15 is 0 Å². The van der Waals surface area contributed by atoms with Gasteiger partial charge in [0.1, 0.15) is 7.05 Å². The maximum absolute atomic E-state index is 8.42. The summed E-state index contributed by atoms with van der Waals surface area (Å²) in [5.41, 5.74) is 8.61. The molecule has 0 amide bonds. The summed E-state index contributed by atoms with van der Waals surface area (Å²) in [6.07, 6.45) is 2.10. The highest BCUT2D eigenvalue weighted by Crippen LogP contribution is 2.52. The molecule has 1 aliphatic rings. The number of aromatic nitrogens is 1. The first kappa shape index (κ1) is 13.1. The molecule has 0 unspecified atom stereocenters. The molecule has 0 aliphatic heterocycles. The van der Waals surface area contributed by atoms with Gasteiger partial charge in [0.25, 0.3) is 0 Å². The number of hydrogen-bond acceptors (Lipinski definition) is 0. The molecule has 4 rings (SSSR count). The van der Waals surface area contributed by atoms with Crippen molar-refractivity contribution in [2.75, 3.05) is 0 Å². The molecule has 23 heavy (non-hydrogen) atoms. The van der Waals surface area contributed by atoms with E-state index in [9.17, 15) is 0 Å². The number of nitrogens with zero attached hydrogens (tertiary/aromatic N) is 1. The second-order valence-corrected chi connectivity index (χ2v) is 6.96. The summed E-state index contributed by atoms with van der Waals surface area (Å²) in [4.78, 5) is 0. The van der Waals surface area contributed by atoms with E-state index in [-0.39, 0.29) is 5.41 Å².